The Kier molecular flexibility index (Phi) is 7.75. The van der Waals surface area contributed by atoms with Crippen molar-refractivity contribution >= 4 is 21.3 Å². The van der Waals surface area contributed by atoms with Crippen molar-refractivity contribution in [2.45, 2.75) is 94.3 Å². The van der Waals surface area contributed by atoms with Crippen LogP contribution in [0.1, 0.15) is 63.0 Å². The summed E-state index contributed by atoms with van der Waals surface area (Å²) < 4.78 is 51.0. The first-order valence-electron chi connectivity index (χ1n) is 13.5. The lowest BCUT2D eigenvalue weighted by Crippen LogP contribution is -2.62. The van der Waals surface area contributed by atoms with Crippen molar-refractivity contribution in [1.82, 2.24) is 9.88 Å². The number of anilines is 2. The van der Waals surface area contributed by atoms with Crippen LogP contribution in [-0.4, -0.2) is 62.0 Å². The maximum atomic E-state index is 14.7. The van der Waals surface area contributed by atoms with Crippen LogP contribution < -0.4 is 10.1 Å². The van der Waals surface area contributed by atoms with Crippen molar-refractivity contribution in [3.63, 3.8) is 0 Å². The van der Waals surface area contributed by atoms with Crippen LogP contribution in [0, 0.1) is 12.7 Å². The molecule has 37 heavy (non-hydrogen) atoms. The van der Waals surface area contributed by atoms with Crippen LogP contribution in [0.2, 0.25) is 0 Å². The van der Waals surface area contributed by atoms with E-state index in [-0.39, 0.29) is 16.7 Å². The monoisotopic (exact) mass is 531 g/mol. The predicted octanol–water partition coefficient (Wildman–Crippen LogP) is 5.18. The average molecular weight is 532 g/mol. The zero-order valence-corrected chi connectivity index (χ0v) is 22.8. The number of sulfone groups is 1. The smallest absolute Gasteiger partial charge is 0.175 e. The molecule has 7 nitrogen and oxygen atoms in total. The molecule has 1 saturated carbocycles. The van der Waals surface area contributed by atoms with E-state index in [1.807, 2.05) is 6.92 Å². The maximum absolute atomic E-state index is 14.7. The van der Waals surface area contributed by atoms with Gasteiger partial charge in [-0.15, -0.1) is 0 Å². The minimum absolute atomic E-state index is 0.0559. The molecular weight excluding hydrogens is 493 g/mol. The van der Waals surface area contributed by atoms with Gasteiger partial charge in [0.1, 0.15) is 23.5 Å². The van der Waals surface area contributed by atoms with Crippen LogP contribution in [-0.2, 0) is 21.0 Å². The zero-order valence-electron chi connectivity index (χ0n) is 22.0. The van der Waals surface area contributed by atoms with Crippen molar-refractivity contribution in [1.29, 1.82) is 0 Å². The van der Waals surface area contributed by atoms with Crippen LogP contribution in [0.4, 0.5) is 15.9 Å². The Bertz CT molecular complexity index is 1220. The molecule has 0 radical (unpaired) electrons. The Balaban J connectivity index is 1.35. The molecule has 3 fully saturated rings. The minimum Gasteiger partial charge on any atom is -0.490 e. The standard InChI is InChI=1S/C28H38FN3O4S/c1-4-19-15-30-28(31-26-11-10-24(14-25(26)29)37(3,33)34)18(2)27(19)36-23-12-21-16-35-17-22(13-23)32(21)20-8-6-5-7-9-20/h10-11,14-15,20-23H,4-9,12-13,16-17H2,1-3H3,(H,30,31). The zero-order chi connectivity index (χ0) is 26.2. The summed E-state index contributed by atoms with van der Waals surface area (Å²) in [5.41, 5.74) is 2.01. The van der Waals surface area contributed by atoms with E-state index in [1.54, 1.807) is 6.20 Å². The normalized spacial score (nSPS) is 25.1. The molecule has 1 aromatic carbocycles. The van der Waals surface area contributed by atoms with Gasteiger partial charge in [0.2, 0.25) is 0 Å². The van der Waals surface area contributed by atoms with Crippen molar-refractivity contribution in [3.05, 3.63) is 41.3 Å². The molecule has 1 N–H and O–H groups in total. The fraction of sp³-hybridized carbons (Fsp3) is 0.607. The number of rotatable bonds is 7. The van der Waals surface area contributed by atoms with Crippen LogP contribution in [0.3, 0.4) is 0 Å². The van der Waals surface area contributed by atoms with Gasteiger partial charge in [-0.25, -0.2) is 17.8 Å². The number of pyridine rings is 1. The summed E-state index contributed by atoms with van der Waals surface area (Å²) in [5, 5.41) is 3.05. The lowest BCUT2D eigenvalue weighted by Gasteiger charge is -2.52. The number of nitrogens with zero attached hydrogens (tertiary/aromatic N) is 2. The number of hydrogen-bond acceptors (Lipinski definition) is 7. The van der Waals surface area contributed by atoms with E-state index in [1.165, 1.54) is 44.2 Å². The third-order valence-electron chi connectivity index (χ3n) is 8.15. The quantitative estimate of drug-likeness (QED) is 0.527. The number of benzene rings is 1. The van der Waals surface area contributed by atoms with Gasteiger partial charge in [0, 0.05) is 54.5 Å². The molecule has 2 unspecified atom stereocenters. The molecule has 1 aliphatic carbocycles. The van der Waals surface area contributed by atoms with Gasteiger partial charge >= 0.3 is 0 Å². The molecule has 2 atom stereocenters. The molecule has 5 rings (SSSR count). The van der Waals surface area contributed by atoms with Crippen molar-refractivity contribution < 1.29 is 22.3 Å². The van der Waals surface area contributed by atoms with Gasteiger partial charge in [-0.05, 0) is 44.4 Å². The molecule has 3 heterocycles. The fourth-order valence-corrected chi connectivity index (χ4v) is 6.91. The van der Waals surface area contributed by atoms with E-state index < -0.39 is 15.7 Å². The van der Waals surface area contributed by atoms with Crippen LogP contribution in [0.5, 0.6) is 5.75 Å². The first-order valence-corrected chi connectivity index (χ1v) is 15.4. The summed E-state index contributed by atoms with van der Waals surface area (Å²) in [5.74, 6) is 0.665. The summed E-state index contributed by atoms with van der Waals surface area (Å²) in [6, 6.07) is 5.30. The lowest BCUT2D eigenvalue weighted by molar-refractivity contribution is -0.122. The number of ether oxygens (including phenoxy) is 2. The maximum Gasteiger partial charge on any atom is 0.175 e. The van der Waals surface area contributed by atoms with E-state index in [0.717, 1.165) is 61.7 Å². The molecule has 9 heteroatoms. The van der Waals surface area contributed by atoms with Gasteiger partial charge < -0.3 is 14.8 Å². The second-order valence-electron chi connectivity index (χ2n) is 10.8. The van der Waals surface area contributed by atoms with Gasteiger partial charge in [0.05, 0.1) is 23.8 Å². The first kappa shape index (κ1) is 26.4. The van der Waals surface area contributed by atoms with Crippen LogP contribution in [0.15, 0.2) is 29.3 Å². The molecular formula is C28H38FN3O4S. The molecule has 3 aliphatic rings. The number of piperidine rings is 1. The summed E-state index contributed by atoms with van der Waals surface area (Å²) in [7, 11) is -3.49. The summed E-state index contributed by atoms with van der Waals surface area (Å²) in [6.07, 6.45) is 12.2. The first-order chi connectivity index (χ1) is 17.7. The number of aryl methyl sites for hydroxylation is 1. The Labute approximate surface area is 219 Å². The van der Waals surface area contributed by atoms with Crippen LogP contribution >= 0.6 is 0 Å². The number of aromatic nitrogens is 1. The second-order valence-corrected chi connectivity index (χ2v) is 12.8. The molecule has 2 saturated heterocycles. The Hall–Kier alpha value is -2.23. The highest BCUT2D eigenvalue weighted by Gasteiger charge is 2.43. The van der Waals surface area contributed by atoms with E-state index >= 15 is 0 Å². The van der Waals surface area contributed by atoms with E-state index in [0.29, 0.717) is 23.9 Å². The Morgan fingerprint density at radius 2 is 1.84 bits per heavy atom. The molecule has 202 valence electrons. The number of hydrogen-bond donors (Lipinski definition) is 1. The largest absolute Gasteiger partial charge is 0.490 e. The third-order valence-corrected chi connectivity index (χ3v) is 9.26. The molecule has 2 aromatic rings. The Morgan fingerprint density at radius 1 is 1.14 bits per heavy atom. The average Bonchev–Trinajstić information content (AvgIpc) is 2.87. The topological polar surface area (TPSA) is 80.8 Å². The SMILES string of the molecule is CCc1cnc(Nc2ccc(S(C)(=O)=O)cc2F)c(C)c1OC1CC2COCC(C1)N2C1CCCCC1. The minimum atomic E-state index is -3.49. The molecule has 2 bridgehead atoms. The predicted molar refractivity (Wildman–Crippen MR) is 142 cm³/mol. The van der Waals surface area contributed by atoms with Gasteiger partial charge in [-0.2, -0.15) is 0 Å². The molecule has 0 amide bonds. The highest BCUT2D eigenvalue weighted by atomic mass is 32.2. The number of halogens is 1. The second kappa shape index (κ2) is 10.9. The van der Waals surface area contributed by atoms with Crippen LogP contribution in [0.25, 0.3) is 0 Å². The number of fused-ring (bicyclic) bond motifs is 2. The van der Waals surface area contributed by atoms with E-state index in [4.69, 9.17) is 9.47 Å². The van der Waals surface area contributed by atoms with Gasteiger partial charge in [0.25, 0.3) is 0 Å². The molecule has 2 aliphatic heterocycles. The molecule has 0 spiro atoms. The highest BCUT2D eigenvalue weighted by molar-refractivity contribution is 7.90. The van der Waals surface area contributed by atoms with Crippen molar-refractivity contribution in [2.75, 3.05) is 24.8 Å². The lowest BCUT2D eigenvalue weighted by atomic mass is 9.85. The van der Waals surface area contributed by atoms with Crippen molar-refractivity contribution in [3.8, 4) is 5.75 Å². The summed E-state index contributed by atoms with van der Waals surface area (Å²) in [4.78, 5) is 7.23. The van der Waals surface area contributed by atoms with E-state index in [2.05, 4.69) is 22.1 Å². The summed E-state index contributed by atoms with van der Waals surface area (Å²) >= 11 is 0. The molecule has 1 aromatic heterocycles. The fourth-order valence-electron chi connectivity index (χ4n) is 6.28. The number of nitrogens with one attached hydrogen (secondary N) is 1. The Morgan fingerprint density at radius 3 is 2.46 bits per heavy atom. The number of morpholine rings is 1. The third kappa shape index (κ3) is 5.64. The highest BCUT2D eigenvalue weighted by Crippen LogP contribution is 2.38. The van der Waals surface area contributed by atoms with Crippen molar-refractivity contribution in [2.24, 2.45) is 0 Å². The van der Waals surface area contributed by atoms with Gasteiger partial charge in [-0.3, -0.25) is 4.90 Å². The van der Waals surface area contributed by atoms with Gasteiger partial charge in [0.15, 0.2) is 9.84 Å². The summed E-state index contributed by atoms with van der Waals surface area (Å²) in [6.45, 7) is 5.54. The van der Waals surface area contributed by atoms with E-state index in [9.17, 15) is 12.8 Å². The van der Waals surface area contributed by atoms with Gasteiger partial charge in [-0.1, -0.05) is 26.2 Å².